The number of benzene rings is 1. The highest BCUT2D eigenvalue weighted by molar-refractivity contribution is 7.11. The number of aryl methyl sites for hydroxylation is 3. The van der Waals surface area contributed by atoms with Crippen molar-refractivity contribution in [1.82, 2.24) is 19.5 Å². The molecule has 0 unspecified atom stereocenters. The first-order chi connectivity index (χ1) is 14.6. The van der Waals surface area contributed by atoms with Gasteiger partial charge < -0.3 is 14.2 Å². The van der Waals surface area contributed by atoms with Crippen LogP contribution in [-0.4, -0.2) is 45.8 Å². The third kappa shape index (κ3) is 3.59. The quantitative estimate of drug-likeness (QED) is 0.492. The fourth-order valence-electron chi connectivity index (χ4n) is 4.00. The summed E-state index contributed by atoms with van der Waals surface area (Å²) in [7, 11) is 0. The summed E-state index contributed by atoms with van der Waals surface area (Å²) < 4.78 is 7.79. The number of hydrogen-bond donors (Lipinski definition) is 0. The zero-order valence-corrected chi connectivity index (χ0v) is 18.4. The minimum absolute atomic E-state index is 0.723. The van der Waals surface area contributed by atoms with Crippen LogP contribution in [0, 0.1) is 20.8 Å². The standard InChI is InChI=1S/C23H25N5OS/c1-15-4-5-18-13-19(23(26-20(18)12-15)27-8-10-29-11-9-27)22-24-6-7-28(22)14-21-16(2)25-17(3)30-21/h4-7,12-13H,8-11,14H2,1-3H3. The maximum Gasteiger partial charge on any atom is 0.143 e. The van der Waals surface area contributed by atoms with Gasteiger partial charge in [0, 0.05) is 35.7 Å². The van der Waals surface area contributed by atoms with Gasteiger partial charge in [0.1, 0.15) is 11.6 Å². The number of nitrogens with zero attached hydrogens (tertiary/aromatic N) is 5. The predicted molar refractivity (Wildman–Crippen MR) is 121 cm³/mol. The molecule has 0 aliphatic carbocycles. The van der Waals surface area contributed by atoms with Gasteiger partial charge in [0.05, 0.1) is 41.5 Å². The molecule has 4 aromatic rings. The van der Waals surface area contributed by atoms with Crippen LogP contribution in [0.1, 0.15) is 21.1 Å². The van der Waals surface area contributed by atoms with E-state index >= 15 is 0 Å². The molecule has 30 heavy (non-hydrogen) atoms. The van der Waals surface area contributed by atoms with Crippen LogP contribution in [0.5, 0.6) is 0 Å². The Balaban J connectivity index is 1.64. The topological polar surface area (TPSA) is 56.1 Å². The van der Waals surface area contributed by atoms with Crippen LogP contribution in [0.4, 0.5) is 5.82 Å². The number of thiazole rings is 1. The summed E-state index contributed by atoms with van der Waals surface area (Å²) in [6, 6.07) is 8.67. The Bertz CT molecular complexity index is 1210. The molecule has 1 aromatic carbocycles. The highest BCUT2D eigenvalue weighted by Gasteiger charge is 2.21. The van der Waals surface area contributed by atoms with E-state index in [1.54, 1.807) is 11.3 Å². The summed E-state index contributed by atoms with van der Waals surface area (Å²) in [5.41, 5.74) is 4.40. The van der Waals surface area contributed by atoms with Crippen molar-refractivity contribution in [2.24, 2.45) is 0 Å². The van der Waals surface area contributed by atoms with Crippen LogP contribution in [0.3, 0.4) is 0 Å². The number of hydrogen-bond acceptors (Lipinski definition) is 6. The van der Waals surface area contributed by atoms with Crippen LogP contribution in [-0.2, 0) is 11.3 Å². The fourth-order valence-corrected chi connectivity index (χ4v) is 4.94. The van der Waals surface area contributed by atoms with Crippen molar-refractivity contribution in [3.63, 3.8) is 0 Å². The number of aromatic nitrogens is 4. The van der Waals surface area contributed by atoms with Crippen LogP contribution < -0.4 is 4.90 Å². The lowest BCUT2D eigenvalue weighted by atomic mass is 10.1. The van der Waals surface area contributed by atoms with Gasteiger partial charge in [-0.25, -0.2) is 15.0 Å². The van der Waals surface area contributed by atoms with E-state index in [2.05, 4.69) is 59.5 Å². The number of fused-ring (bicyclic) bond motifs is 1. The van der Waals surface area contributed by atoms with Gasteiger partial charge >= 0.3 is 0 Å². The van der Waals surface area contributed by atoms with E-state index in [1.807, 2.05) is 12.4 Å². The van der Waals surface area contributed by atoms with Gasteiger partial charge in [-0.15, -0.1) is 11.3 Å². The zero-order valence-electron chi connectivity index (χ0n) is 17.6. The van der Waals surface area contributed by atoms with Gasteiger partial charge in [0.15, 0.2) is 0 Å². The maximum atomic E-state index is 5.58. The Morgan fingerprint density at radius 3 is 2.67 bits per heavy atom. The summed E-state index contributed by atoms with van der Waals surface area (Å²) in [4.78, 5) is 18.0. The Morgan fingerprint density at radius 2 is 1.90 bits per heavy atom. The Hall–Kier alpha value is -2.77. The molecule has 3 aromatic heterocycles. The van der Waals surface area contributed by atoms with Crippen LogP contribution in [0.25, 0.3) is 22.3 Å². The van der Waals surface area contributed by atoms with Crippen molar-refractivity contribution < 1.29 is 4.74 Å². The number of rotatable bonds is 4. The molecule has 0 radical (unpaired) electrons. The maximum absolute atomic E-state index is 5.58. The van der Waals surface area contributed by atoms with Crippen LogP contribution in [0.2, 0.25) is 0 Å². The largest absolute Gasteiger partial charge is 0.378 e. The molecule has 0 bridgehead atoms. The average Bonchev–Trinajstić information content (AvgIpc) is 3.33. The minimum Gasteiger partial charge on any atom is -0.378 e. The average molecular weight is 420 g/mol. The first-order valence-corrected chi connectivity index (χ1v) is 11.1. The molecular formula is C23H25N5OS. The molecule has 1 aliphatic heterocycles. The molecule has 154 valence electrons. The molecule has 0 amide bonds. The predicted octanol–water partition coefficient (Wildman–Crippen LogP) is 4.36. The second-order valence-electron chi connectivity index (χ2n) is 7.78. The van der Waals surface area contributed by atoms with Gasteiger partial charge in [-0.3, -0.25) is 0 Å². The molecule has 0 N–H and O–H groups in total. The molecule has 4 heterocycles. The summed E-state index contributed by atoms with van der Waals surface area (Å²) in [5.74, 6) is 1.93. The van der Waals surface area contributed by atoms with Crippen molar-refractivity contribution in [3.05, 3.63) is 57.8 Å². The van der Waals surface area contributed by atoms with E-state index in [1.165, 1.54) is 10.4 Å². The minimum atomic E-state index is 0.723. The third-order valence-electron chi connectivity index (χ3n) is 5.53. The molecule has 1 aliphatic rings. The molecular weight excluding hydrogens is 394 g/mol. The van der Waals surface area contributed by atoms with E-state index in [-0.39, 0.29) is 0 Å². The molecule has 0 spiro atoms. The SMILES string of the molecule is Cc1ccc2cc(-c3nccn3Cc3sc(C)nc3C)c(N3CCOCC3)nc2c1. The zero-order chi connectivity index (χ0) is 20.7. The first-order valence-electron chi connectivity index (χ1n) is 10.3. The summed E-state index contributed by atoms with van der Waals surface area (Å²) in [6.07, 6.45) is 3.92. The normalized spacial score (nSPS) is 14.6. The van der Waals surface area contributed by atoms with Crippen molar-refractivity contribution in [2.75, 3.05) is 31.2 Å². The smallest absolute Gasteiger partial charge is 0.143 e. The highest BCUT2D eigenvalue weighted by Crippen LogP contribution is 2.33. The van der Waals surface area contributed by atoms with E-state index in [4.69, 9.17) is 14.7 Å². The molecule has 0 atom stereocenters. The first kappa shape index (κ1) is 19.2. The van der Waals surface area contributed by atoms with Gasteiger partial charge in [0.2, 0.25) is 0 Å². The monoisotopic (exact) mass is 419 g/mol. The van der Waals surface area contributed by atoms with Gasteiger partial charge in [-0.1, -0.05) is 12.1 Å². The molecule has 7 heteroatoms. The van der Waals surface area contributed by atoms with Crippen LogP contribution in [0.15, 0.2) is 36.7 Å². The number of anilines is 1. The number of ether oxygens (including phenoxy) is 1. The van der Waals surface area contributed by atoms with E-state index in [9.17, 15) is 0 Å². The van der Waals surface area contributed by atoms with Crippen molar-refractivity contribution in [1.29, 1.82) is 0 Å². The number of pyridine rings is 1. The Morgan fingerprint density at radius 1 is 1.07 bits per heavy atom. The molecule has 5 rings (SSSR count). The van der Waals surface area contributed by atoms with Gasteiger partial charge in [-0.05, 0) is 38.5 Å². The number of morpholine rings is 1. The lowest BCUT2D eigenvalue weighted by Crippen LogP contribution is -2.37. The Labute approximate surface area is 180 Å². The van der Waals surface area contributed by atoms with Crippen LogP contribution >= 0.6 is 11.3 Å². The summed E-state index contributed by atoms with van der Waals surface area (Å²) >= 11 is 1.75. The van der Waals surface area contributed by atoms with Crippen molar-refractivity contribution >= 4 is 28.1 Å². The lowest BCUT2D eigenvalue weighted by molar-refractivity contribution is 0.122. The van der Waals surface area contributed by atoms with E-state index in [0.29, 0.717) is 0 Å². The lowest BCUT2D eigenvalue weighted by Gasteiger charge is -2.29. The summed E-state index contributed by atoms with van der Waals surface area (Å²) in [5, 5.41) is 2.23. The summed E-state index contributed by atoms with van der Waals surface area (Å²) in [6.45, 7) is 10.1. The highest BCUT2D eigenvalue weighted by atomic mass is 32.1. The molecule has 1 fully saturated rings. The molecule has 1 saturated heterocycles. The van der Waals surface area contributed by atoms with E-state index < -0.39 is 0 Å². The molecule has 0 saturated carbocycles. The second kappa shape index (κ2) is 7.81. The number of imidazole rings is 1. The van der Waals surface area contributed by atoms with E-state index in [0.717, 1.165) is 71.7 Å². The molecule has 6 nitrogen and oxygen atoms in total. The fraction of sp³-hybridized carbons (Fsp3) is 0.348. The Kier molecular flexibility index (Phi) is 5.00. The second-order valence-corrected chi connectivity index (χ2v) is 9.06. The third-order valence-corrected chi connectivity index (χ3v) is 6.59. The van der Waals surface area contributed by atoms with Crippen molar-refractivity contribution in [3.8, 4) is 11.4 Å². The van der Waals surface area contributed by atoms with Crippen molar-refractivity contribution in [2.45, 2.75) is 27.3 Å². The van der Waals surface area contributed by atoms with Gasteiger partial charge in [-0.2, -0.15) is 0 Å². The van der Waals surface area contributed by atoms with Gasteiger partial charge in [0.25, 0.3) is 0 Å².